The van der Waals surface area contributed by atoms with Crippen molar-refractivity contribution in [2.75, 3.05) is 25.1 Å². The predicted octanol–water partition coefficient (Wildman–Crippen LogP) is 12.4. The van der Waals surface area contributed by atoms with Gasteiger partial charge in [-0.2, -0.15) is 0 Å². The number of H-pyrrole nitrogens is 1. The van der Waals surface area contributed by atoms with Crippen LogP contribution in [-0.2, 0) is 38.6 Å². The van der Waals surface area contributed by atoms with E-state index >= 15 is 4.79 Å². The summed E-state index contributed by atoms with van der Waals surface area (Å²) in [7, 11) is 1.46. The van der Waals surface area contributed by atoms with Gasteiger partial charge in [0, 0.05) is 98.7 Å². The molecule has 84 heavy (non-hydrogen) atoms. The van der Waals surface area contributed by atoms with Gasteiger partial charge in [0.2, 0.25) is 5.75 Å². The van der Waals surface area contributed by atoms with Crippen molar-refractivity contribution in [2.24, 2.45) is 11.3 Å². The Morgan fingerprint density at radius 2 is 1.71 bits per heavy atom. The van der Waals surface area contributed by atoms with Gasteiger partial charge in [-0.15, -0.1) is 0 Å². The number of methoxy groups -OCH3 is 1. The SMILES string of the molecule is COc1cc(C2CC(=O)CC(OC(C)=O)CCC34Cc5c[nH]cc5C(C#CCC3=CC=CC4C)C(c3cccc(O)c3)C3=CCNC(=C3)N(CCC(C)=O)c3ccc(CO)c4cn2cc34)cc(O)c1Oc1cc(O)cc(Cc2ccccc2)c1. The van der Waals surface area contributed by atoms with Crippen molar-refractivity contribution in [3.8, 4) is 46.3 Å². The number of anilines is 1. The van der Waals surface area contributed by atoms with Crippen molar-refractivity contribution in [3.05, 3.63) is 208 Å². The lowest BCUT2D eigenvalue weighted by molar-refractivity contribution is -0.148. The van der Waals surface area contributed by atoms with Crippen LogP contribution in [0.3, 0.4) is 0 Å². The summed E-state index contributed by atoms with van der Waals surface area (Å²) in [5.41, 5.74) is 8.28. The van der Waals surface area contributed by atoms with Gasteiger partial charge < -0.3 is 54.4 Å². The third kappa shape index (κ3) is 11.9. The number of nitrogens with zero attached hydrogens (tertiary/aromatic N) is 2. The molecule has 6 bridgehead atoms. The van der Waals surface area contributed by atoms with Crippen LogP contribution in [0.15, 0.2) is 169 Å². The molecule has 1 spiro atoms. The fraction of sp³-hybridized carbons (Fsp3) is 0.300. The molecule has 4 heterocycles. The molecular formula is C70H70N4O10. The van der Waals surface area contributed by atoms with Gasteiger partial charge in [-0.1, -0.05) is 97.2 Å². The van der Waals surface area contributed by atoms with E-state index in [0.717, 1.165) is 50.5 Å². The molecule has 14 heteroatoms. The minimum atomic E-state index is -0.816. The number of esters is 1. The molecule has 5 aromatic carbocycles. The first-order chi connectivity index (χ1) is 40.7. The number of phenolic OH excluding ortho intramolecular Hbond substituents is 3. The summed E-state index contributed by atoms with van der Waals surface area (Å²) < 4.78 is 20.4. The smallest absolute Gasteiger partial charge is 0.302 e. The molecular weight excluding hydrogens is 1060 g/mol. The first-order valence-electron chi connectivity index (χ1n) is 28.8. The topological polar surface area (TPSA) is 196 Å². The Morgan fingerprint density at radius 1 is 0.881 bits per heavy atom. The Kier molecular flexibility index (Phi) is 16.4. The number of aliphatic hydroxyl groups is 1. The molecule has 0 fully saturated rings. The largest absolute Gasteiger partial charge is 0.508 e. The molecule has 2 aliphatic carbocycles. The lowest BCUT2D eigenvalue weighted by Crippen LogP contribution is -2.36. The lowest BCUT2D eigenvalue weighted by Gasteiger charge is -2.43. The number of Topliss-reactive ketones (excluding diaryl/α,β-unsaturated/α-hetero) is 2. The summed E-state index contributed by atoms with van der Waals surface area (Å²) >= 11 is 0. The standard InChI is InChI=1S/C70H70N4O10/c1-43-11-8-15-53-16-10-18-59-60-39-71-38-52(60)37-70(43,53)24-21-57(83-45(3)77)34-56(80)36-64(51-31-65(81)69(66(32-51)82-4)84-58-29-47(28-55(79)35-58)27-46-12-6-5-7-13-46)73-40-61-50(42-75)19-20-63(62(61)41-73)74(26-23-44(2)76)67-33-49(22-25-72-67)68(59)48-14-9-17-54(78)30-48/h5-9,11-15,17,19-20,22,28-33,35,38-41,43,57,59,64,68,71-72,75,78-79,81H,16,21,23-27,34,36-37,42H2,1-4H3. The fourth-order valence-corrected chi connectivity index (χ4v) is 13.1. The Hall–Kier alpha value is -9.19. The van der Waals surface area contributed by atoms with Gasteiger partial charge in [-0.25, -0.2) is 0 Å². The van der Waals surface area contributed by atoms with Crippen molar-refractivity contribution >= 4 is 34.0 Å². The molecule has 0 radical (unpaired) electrons. The number of ether oxygens (including phenoxy) is 3. The van der Waals surface area contributed by atoms with E-state index in [-0.39, 0.29) is 96.2 Å². The van der Waals surface area contributed by atoms with Crippen molar-refractivity contribution in [1.82, 2.24) is 14.9 Å². The Morgan fingerprint density at radius 3 is 2.50 bits per heavy atom. The summed E-state index contributed by atoms with van der Waals surface area (Å²) in [6.45, 7) is 5.57. The number of aliphatic hydroxyl groups excluding tert-OH is 1. The number of nitrogens with one attached hydrogen (secondary N) is 2. The van der Waals surface area contributed by atoms with Gasteiger partial charge in [0.25, 0.3) is 0 Å². The van der Waals surface area contributed by atoms with Crippen LogP contribution < -0.4 is 19.7 Å². The van der Waals surface area contributed by atoms with Crippen LogP contribution in [0, 0.1) is 23.2 Å². The summed E-state index contributed by atoms with van der Waals surface area (Å²) in [5, 5.41) is 50.2. The van der Waals surface area contributed by atoms with E-state index in [0.29, 0.717) is 60.5 Å². The number of ketones is 2. The highest BCUT2D eigenvalue weighted by Gasteiger charge is 2.43. The van der Waals surface area contributed by atoms with Crippen molar-refractivity contribution in [1.29, 1.82) is 0 Å². The van der Waals surface area contributed by atoms with Crippen LogP contribution in [-0.4, -0.2) is 73.8 Å². The number of hydrogen-bond donors (Lipinski definition) is 6. The molecule has 4 aliphatic rings. The summed E-state index contributed by atoms with van der Waals surface area (Å²) in [4.78, 5) is 46.9. The molecule has 11 rings (SSSR count). The zero-order valence-electron chi connectivity index (χ0n) is 47.7. The van der Waals surface area contributed by atoms with E-state index in [1.54, 1.807) is 37.3 Å². The zero-order chi connectivity index (χ0) is 58.6. The number of aromatic amines is 1. The Labute approximate surface area is 489 Å². The van der Waals surface area contributed by atoms with Crippen LogP contribution in [0.25, 0.3) is 10.8 Å². The van der Waals surface area contributed by atoms with E-state index in [1.807, 2.05) is 83.8 Å². The molecule has 7 aromatic rings. The van der Waals surface area contributed by atoms with Crippen LogP contribution >= 0.6 is 0 Å². The van der Waals surface area contributed by atoms with Crippen LogP contribution in [0.1, 0.15) is 116 Å². The normalized spacial score (nSPS) is 21.4. The summed E-state index contributed by atoms with van der Waals surface area (Å²) in [5.74, 6) is 6.96. The quantitative estimate of drug-likeness (QED) is 0.0501. The highest BCUT2D eigenvalue weighted by atomic mass is 16.5. The zero-order valence-corrected chi connectivity index (χ0v) is 47.7. The number of hydrogen-bond acceptors (Lipinski definition) is 12. The minimum absolute atomic E-state index is 0.00376. The highest BCUT2D eigenvalue weighted by molar-refractivity contribution is 5.97. The van der Waals surface area contributed by atoms with Crippen molar-refractivity contribution in [3.63, 3.8) is 0 Å². The van der Waals surface area contributed by atoms with Crippen LogP contribution in [0.4, 0.5) is 5.69 Å². The maximum absolute atomic E-state index is 15.2. The molecule has 6 N–H and O–H groups in total. The van der Waals surface area contributed by atoms with Gasteiger partial charge in [-0.05, 0) is 132 Å². The van der Waals surface area contributed by atoms with Crippen molar-refractivity contribution < 1.29 is 49.0 Å². The van der Waals surface area contributed by atoms with E-state index in [1.165, 1.54) is 20.1 Å². The number of aromatic hydroxyl groups is 3. The molecule has 0 amide bonds. The Bertz CT molecular complexity index is 3850. The first-order valence-corrected chi connectivity index (χ1v) is 28.8. The third-order valence-electron chi connectivity index (χ3n) is 17.2. The third-order valence-corrected chi connectivity index (χ3v) is 17.2. The molecule has 430 valence electrons. The van der Waals surface area contributed by atoms with Crippen LogP contribution in [0.5, 0.6) is 34.5 Å². The van der Waals surface area contributed by atoms with Gasteiger partial charge >= 0.3 is 5.97 Å². The van der Waals surface area contributed by atoms with Crippen LogP contribution in [0.2, 0.25) is 0 Å². The average Bonchev–Trinajstić information content (AvgIpc) is 3.43. The number of phenols is 3. The second-order valence-electron chi connectivity index (χ2n) is 22.7. The molecule has 6 atom stereocenters. The van der Waals surface area contributed by atoms with Gasteiger partial charge in [0.15, 0.2) is 11.5 Å². The monoisotopic (exact) mass is 1130 g/mol. The Balaban J connectivity index is 1.09. The van der Waals surface area contributed by atoms with Gasteiger partial charge in [0.05, 0.1) is 31.4 Å². The maximum Gasteiger partial charge on any atom is 0.302 e. The molecule has 0 saturated carbocycles. The first kappa shape index (κ1) is 56.7. The lowest BCUT2D eigenvalue weighted by atomic mass is 9.61. The minimum Gasteiger partial charge on any atom is -0.508 e. The molecule has 14 nitrogen and oxygen atoms in total. The maximum atomic E-state index is 15.2. The number of carbonyl (C=O) groups excluding carboxylic acids is 3. The number of aromatic nitrogens is 2. The number of benzene rings is 5. The fourth-order valence-electron chi connectivity index (χ4n) is 13.1. The summed E-state index contributed by atoms with van der Waals surface area (Å²) in [6.07, 6.45) is 20.5. The van der Waals surface area contributed by atoms with Crippen molar-refractivity contribution in [2.45, 2.75) is 103 Å². The molecule has 6 unspecified atom stereocenters. The molecule has 0 saturated heterocycles. The number of fused-ring (bicyclic) bond motifs is 2. The van der Waals surface area contributed by atoms with E-state index in [2.05, 4.69) is 70.5 Å². The molecule has 2 aromatic heterocycles. The van der Waals surface area contributed by atoms with E-state index in [9.17, 15) is 30.0 Å². The second kappa shape index (κ2) is 24.3. The van der Waals surface area contributed by atoms with Gasteiger partial charge in [0.1, 0.15) is 40.7 Å². The summed E-state index contributed by atoms with van der Waals surface area (Å²) in [6, 6.07) is 28.4. The predicted molar refractivity (Wildman–Crippen MR) is 323 cm³/mol. The molecule has 2 aliphatic heterocycles. The second-order valence-corrected chi connectivity index (χ2v) is 22.7. The van der Waals surface area contributed by atoms with Gasteiger partial charge in [-0.3, -0.25) is 14.4 Å². The average molecular weight is 1130 g/mol. The number of carbonyl (C=O) groups is 3. The highest BCUT2D eigenvalue weighted by Crippen LogP contribution is 2.52. The van der Waals surface area contributed by atoms with E-state index < -0.39 is 23.5 Å². The number of dihydropyridines is 1. The van der Waals surface area contributed by atoms with E-state index in [4.69, 9.17) is 14.2 Å². The number of rotatable bonds is 12. The number of allylic oxidation sites excluding steroid dienone is 6.